The third kappa shape index (κ3) is 3.06. The third-order valence-electron chi connectivity index (χ3n) is 4.61. The van der Waals surface area contributed by atoms with Gasteiger partial charge in [0.2, 0.25) is 0 Å². The Bertz CT molecular complexity index is 578. The van der Waals surface area contributed by atoms with Crippen molar-refractivity contribution < 1.29 is 0 Å². The Labute approximate surface area is 125 Å². The van der Waals surface area contributed by atoms with Gasteiger partial charge < -0.3 is 5.32 Å². The van der Waals surface area contributed by atoms with Gasteiger partial charge in [-0.25, -0.2) is 4.68 Å². The topological polar surface area (TPSA) is 55.6 Å². The second kappa shape index (κ2) is 6.24. The van der Waals surface area contributed by atoms with Crippen LogP contribution in [0.5, 0.6) is 0 Å². The van der Waals surface area contributed by atoms with Crippen molar-refractivity contribution in [2.45, 2.75) is 52.0 Å². The Balaban J connectivity index is 1.82. The fourth-order valence-corrected chi connectivity index (χ4v) is 3.27. The molecule has 1 aliphatic carbocycles. The molecule has 112 valence electrons. The largest absolute Gasteiger partial charge is 0.382 e. The summed E-state index contributed by atoms with van der Waals surface area (Å²) < 4.78 is 1.70. The summed E-state index contributed by atoms with van der Waals surface area (Å²) in [6, 6.07) is 6.91. The number of rotatable bonds is 4. The van der Waals surface area contributed by atoms with E-state index in [9.17, 15) is 0 Å². The number of nitrogens with one attached hydrogen (secondary N) is 1. The van der Waals surface area contributed by atoms with Crippen molar-refractivity contribution >= 4 is 5.69 Å². The lowest BCUT2D eigenvalue weighted by Gasteiger charge is -2.33. The Morgan fingerprint density at radius 2 is 2.14 bits per heavy atom. The van der Waals surface area contributed by atoms with Crippen molar-refractivity contribution in [3.8, 4) is 5.69 Å². The molecule has 2 atom stereocenters. The van der Waals surface area contributed by atoms with Crippen molar-refractivity contribution in [3.63, 3.8) is 0 Å². The van der Waals surface area contributed by atoms with Crippen molar-refractivity contribution in [1.29, 1.82) is 0 Å². The minimum Gasteiger partial charge on any atom is -0.382 e. The van der Waals surface area contributed by atoms with Gasteiger partial charge in [0.05, 0.1) is 5.69 Å². The fourth-order valence-electron chi connectivity index (χ4n) is 3.27. The van der Waals surface area contributed by atoms with Crippen LogP contribution in [-0.4, -0.2) is 26.2 Å². The summed E-state index contributed by atoms with van der Waals surface area (Å²) in [4.78, 5) is 0. The minimum atomic E-state index is 0.589. The van der Waals surface area contributed by atoms with E-state index < -0.39 is 0 Å². The summed E-state index contributed by atoms with van der Waals surface area (Å²) in [5, 5.41) is 15.1. The smallest absolute Gasteiger partial charge is 0.143 e. The SMILES string of the molecule is CCC1CCCCC1Nc1cc(-n2cnnn2)ccc1C. The van der Waals surface area contributed by atoms with Crippen LogP contribution in [0.25, 0.3) is 5.69 Å². The number of nitrogens with zero attached hydrogens (tertiary/aromatic N) is 4. The molecule has 1 aromatic heterocycles. The van der Waals surface area contributed by atoms with E-state index >= 15 is 0 Å². The summed E-state index contributed by atoms with van der Waals surface area (Å²) in [5.74, 6) is 0.787. The molecule has 5 heteroatoms. The maximum absolute atomic E-state index is 3.96. The first kappa shape index (κ1) is 14.0. The molecule has 0 spiro atoms. The predicted molar refractivity (Wildman–Crippen MR) is 83.6 cm³/mol. The predicted octanol–water partition coefficient (Wildman–Crippen LogP) is 3.35. The van der Waals surface area contributed by atoms with Crippen molar-refractivity contribution in [2.24, 2.45) is 5.92 Å². The highest BCUT2D eigenvalue weighted by atomic mass is 15.5. The molecule has 2 aromatic rings. The number of hydrogen-bond donors (Lipinski definition) is 1. The van der Waals surface area contributed by atoms with Crippen LogP contribution in [0.2, 0.25) is 0 Å². The maximum Gasteiger partial charge on any atom is 0.143 e. The molecule has 5 nitrogen and oxygen atoms in total. The molecule has 1 aromatic carbocycles. The summed E-state index contributed by atoms with van der Waals surface area (Å²) in [6.07, 6.45) is 8.21. The number of benzene rings is 1. The molecule has 1 heterocycles. The standard InChI is InChI=1S/C16H23N5/c1-3-13-6-4-5-7-15(13)18-16-10-14(9-8-12(16)2)21-11-17-19-20-21/h8-11,13,15,18H,3-7H2,1-2H3. The average molecular weight is 285 g/mol. The average Bonchev–Trinajstić information content (AvgIpc) is 3.04. The zero-order chi connectivity index (χ0) is 14.7. The lowest BCUT2D eigenvalue weighted by Crippen LogP contribution is -2.32. The molecule has 0 amide bonds. The highest BCUT2D eigenvalue weighted by Crippen LogP contribution is 2.30. The van der Waals surface area contributed by atoms with Gasteiger partial charge >= 0.3 is 0 Å². The van der Waals surface area contributed by atoms with Gasteiger partial charge in [-0.05, 0) is 53.8 Å². The van der Waals surface area contributed by atoms with Crippen molar-refractivity contribution in [2.75, 3.05) is 5.32 Å². The lowest BCUT2D eigenvalue weighted by molar-refractivity contribution is 0.317. The van der Waals surface area contributed by atoms with Crippen LogP contribution >= 0.6 is 0 Å². The summed E-state index contributed by atoms with van der Waals surface area (Å²) in [7, 11) is 0. The van der Waals surface area contributed by atoms with E-state index in [0.29, 0.717) is 6.04 Å². The zero-order valence-corrected chi connectivity index (χ0v) is 12.8. The third-order valence-corrected chi connectivity index (χ3v) is 4.61. The molecule has 3 rings (SSSR count). The van der Waals surface area contributed by atoms with E-state index in [4.69, 9.17) is 0 Å². The first-order chi connectivity index (χ1) is 10.3. The molecule has 2 unspecified atom stereocenters. The minimum absolute atomic E-state index is 0.589. The highest BCUT2D eigenvalue weighted by molar-refractivity contribution is 5.57. The number of tetrazole rings is 1. The first-order valence-electron chi connectivity index (χ1n) is 7.88. The first-order valence-corrected chi connectivity index (χ1v) is 7.88. The van der Waals surface area contributed by atoms with Gasteiger partial charge in [0.15, 0.2) is 0 Å². The normalized spacial score (nSPS) is 22.2. The van der Waals surface area contributed by atoms with Gasteiger partial charge in [0.1, 0.15) is 6.33 Å². The molecule has 1 aliphatic rings. The Hall–Kier alpha value is -1.91. The molecule has 1 fully saturated rings. The van der Waals surface area contributed by atoms with E-state index in [2.05, 4.69) is 52.9 Å². The quantitative estimate of drug-likeness (QED) is 0.936. The second-order valence-corrected chi connectivity index (χ2v) is 5.96. The second-order valence-electron chi connectivity index (χ2n) is 5.96. The molecule has 1 saturated carbocycles. The van der Waals surface area contributed by atoms with Crippen LogP contribution in [0.4, 0.5) is 5.69 Å². The molecule has 21 heavy (non-hydrogen) atoms. The van der Waals surface area contributed by atoms with E-state index in [0.717, 1.165) is 11.6 Å². The van der Waals surface area contributed by atoms with Crippen LogP contribution in [0.3, 0.4) is 0 Å². The van der Waals surface area contributed by atoms with Crippen LogP contribution in [0.15, 0.2) is 24.5 Å². The Morgan fingerprint density at radius 3 is 2.90 bits per heavy atom. The molecule has 0 aliphatic heterocycles. The molecule has 0 bridgehead atoms. The maximum atomic E-state index is 3.96. The molecule has 1 N–H and O–H groups in total. The fraction of sp³-hybridized carbons (Fsp3) is 0.562. The van der Waals surface area contributed by atoms with Gasteiger partial charge in [0, 0.05) is 11.7 Å². The number of aromatic nitrogens is 4. The number of hydrogen-bond acceptors (Lipinski definition) is 4. The van der Waals surface area contributed by atoms with Crippen LogP contribution in [0.1, 0.15) is 44.6 Å². The molecule has 0 radical (unpaired) electrons. The molecule has 0 saturated heterocycles. The molecular formula is C16H23N5. The Kier molecular flexibility index (Phi) is 4.18. The van der Waals surface area contributed by atoms with Gasteiger partial charge in [-0.2, -0.15) is 0 Å². The van der Waals surface area contributed by atoms with Crippen molar-refractivity contribution in [1.82, 2.24) is 20.2 Å². The van der Waals surface area contributed by atoms with E-state index in [1.807, 2.05) is 0 Å². The summed E-state index contributed by atoms with van der Waals surface area (Å²) in [6.45, 7) is 4.45. The molecular weight excluding hydrogens is 262 g/mol. The van der Waals surface area contributed by atoms with Crippen LogP contribution in [-0.2, 0) is 0 Å². The lowest BCUT2D eigenvalue weighted by atomic mass is 9.82. The Morgan fingerprint density at radius 1 is 1.29 bits per heavy atom. The van der Waals surface area contributed by atoms with Gasteiger partial charge in [0.25, 0.3) is 0 Å². The van der Waals surface area contributed by atoms with E-state index in [1.165, 1.54) is 43.4 Å². The number of aryl methyl sites for hydroxylation is 1. The van der Waals surface area contributed by atoms with E-state index in [-0.39, 0.29) is 0 Å². The van der Waals surface area contributed by atoms with Crippen LogP contribution in [0, 0.1) is 12.8 Å². The van der Waals surface area contributed by atoms with Crippen molar-refractivity contribution in [3.05, 3.63) is 30.1 Å². The zero-order valence-electron chi connectivity index (χ0n) is 12.8. The monoisotopic (exact) mass is 285 g/mol. The number of anilines is 1. The van der Waals surface area contributed by atoms with Gasteiger partial charge in [-0.3, -0.25) is 0 Å². The van der Waals surface area contributed by atoms with Gasteiger partial charge in [-0.15, -0.1) is 5.10 Å². The summed E-state index contributed by atoms with van der Waals surface area (Å²) in [5.41, 5.74) is 3.47. The van der Waals surface area contributed by atoms with Crippen LogP contribution < -0.4 is 5.32 Å². The van der Waals surface area contributed by atoms with E-state index in [1.54, 1.807) is 11.0 Å². The summed E-state index contributed by atoms with van der Waals surface area (Å²) >= 11 is 0. The van der Waals surface area contributed by atoms with Gasteiger partial charge in [-0.1, -0.05) is 32.3 Å². The highest BCUT2D eigenvalue weighted by Gasteiger charge is 2.23.